The average molecular weight is 432 g/mol. The lowest BCUT2D eigenvalue weighted by molar-refractivity contribution is 0.100. The van der Waals surface area contributed by atoms with E-state index in [4.69, 9.17) is 10.5 Å². The number of aryl methyl sites for hydroxylation is 1. The molecule has 5 N–H and O–H groups in total. The number of carbonyl (C=O) groups is 1. The Bertz CT molecular complexity index is 1310. The monoisotopic (exact) mass is 432 g/mol. The molecule has 0 aliphatic rings. The second-order valence-corrected chi connectivity index (χ2v) is 7.14. The van der Waals surface area contributed by atoms with Crippen LogP contribution in [0.3, 0.4) is 0 Å². The number of amides is 1. The van der Waals surface area contributed by atoms with Crippen molar-refractivity contribution in [2.75, 3.05) is 12.4 Å². The van der Waals surface area contributed by atoms with Gasteiger partial charge in [-0.2, -0.15) is 9.97 Å². The molecule has 0 radical (unpaired) electrons. The van der Waals surface area contributed by atoms with Crippen LogP contribution < -0.4 is 21.3 Å². The lowest BCUT2D eigenvalue weighted by Gasteiger charge is -2.11. The highest BCUT2D eigenvalue weighted by Gasteiger charge is 2.20. The zero-order valence-electron chi connectivity index (χ0n) is 17.5. The smallest absolute Gasteiger partial charge is 0.468 e. The summed E-state index contributed by atoms with van der Waals surface area (Å²) in [4.78, 5) is 25.3. The molecule has 0 saturated heterocycles. The quantitative estimate of drug-likeness (QED) is 0.309. The van der Waals surface area contributed by atoms with Gasteiger partial charge in [0.1, 0.15) is 11.3 Å². The number of imidazole rings is 1. The van der Waals surface area contributed by atoms with E-state index in [9.17, 15) is 14.8 Å². The maximum absolute atomic E-state index is 11.8. The minimum absolute atomic E-state index is 0.217. The highest BCUT2D eigenvalue weighted by atomic mass is 16.5. The average Bonchev–Trinajstić information content (AvgIpc) is 3.16. The van der Waals surface area contributed by atoms with E-state index in [-0.39, 0.29) is 11.6 Å². The maximum Gasteiger partial charge on any atom is 0.488 e. The van der Waals surface area contributed by atoms with Crippen molar-refractivity contribution >= 4 is 35.3 Å². The highest BCUT2D eigenvalue weighted by molar-refractivity contribution is 6.58. The summed E-state index contributed by atoms with van der Waals surface area (Å²) in [6, 6.07) is 14.0. The Morgan fingerprint density at radius 1 is 1.16 bits per heavy atom. The first-order valence-electron chi connectivity index (χ1n) is 9.77. The van der Waals surface area contributed by atoms with E-state index in [1.165, 1.54) is 7.11 Å². The lowest BCUT2D eigenvalue weighted by atomic mass is 9.80. The van der Waals surface area contributed by atoms with Crippen molar-refractivity contribution in [1.82, 2.24) is 19.5 Å². The third kappa shape index (κ3) is 4.11. The van der Waals surface area contributed by atoms with E-state index in [1.54, 1.807) is 47.0 Å². The third-order valence-electron chi connectivity index (χ3n) is 4.87. The van der Waals surface area contributed by atoms with Gasteiger partial charge in [0.2, 0.25) is 5.95 Å². The Labute approximate surface area is 183 Å². The molecule has 0 atom stereocenters. The molecule has 10 nitrogen and oxygen atoms in total. The van der Waals surface area contributed by atoms with Gasteiger partial charge in [0.25, 0.3) is 5.91 Å². The number of hydrogen-bond donors (Lipinski definition) is 4. The molecular formula is C21H21BN6O4. The molecule has 0 aliphatic heterocycles. The molecule has 0 spiro atoms. The molecule has 2 aromatic heterocycles. The molecule has 0 aliphatic carbocycles. The predicted octanol–water partition coefficient (Wildman–Crippen LogP) is 0.523. The van der Waals surface area contributed by atoms with E-state index in [1.807, 2.05) is 13.0 Å². The fourth-order valence-electron chi connectivity index (χ4n) is 3.41. The number of carbonyl (C=O) groups excluding carboxylic acids is 1. The van der Waals surface area contributed by atoms with Crippen LogP contribution in [0.1, 0.15) is 21.6 Å². The first-order valence-corrected chi connectivity index (χ1v) is 9.77. The van der Waals surface area contributed by atoms with Gasteiger partial charge in [-0.05, 0) is 30.1 Å². The molecule has 4 rings (SSSR count). The molecule has 11 heteroatoms. The van der Waals surface area contributed by atoms with Crippen molar-refractivity contribution < 1.29 is 19.6 Å². The van der Waals surface area contributed by atoms with Gasteiger partial charge >= 0.3 is 13.1 Å². The van der Waals surface area contributed by atoms with Crippen molar-refractivity contribution in [2.45, 2.75) is 13.5 Å². The van der Waals surface area contributed by atoms with Crippen molar-refractivity contribution in [3.05, 3.63) is 65.4 Å². The van der Waals surface area contributed by atoms with Gasteiger partial charge in [0.05, 0.1) is 18.2 Å². The number of aromatic nitrogens is 4. The molecule has 0 unspecified atom stereocenters. The highest BCUT2D eigenvalue weighted by Crippen LogP contribution is 2.27. The zero-order chi connectivity index (χ0) is 22.8. The lowest BCUT2D eigenvalue weighted by Crippen LogP contribution is -2.30. The Kier molecular flexibility index (Phi) is 5.76. The van der Waals surface area contributed by atoms with Gasteiger partial charge in [-0.25, -0.2) is 9.55 Å². The number of fused-ring (bicyclic) bond motifs is 1. The molecule has 4 aromatic rings. The number of anilines is 1. The molecule has 1 amide bonds. The summed E-state index contributed by atoms with van der Waals surface area (Å²) >= 11 is 0. The van der Waals surface area contributed by atoms with Gasteiger partial charge in [-0.1, -0.05) is 30.3 Å². The largest absolute Gasteiger partial charge is 0.488 e. The molecule has 162 valence electrons. The van der Waals surface area contributed by atoms with Gasteiger partial charge in [0, 0.05) is 18.3 Å². The summed E-state index contributed by atoms with van der Waals surface area (Å²) in [6.45, 7) is 2.24. The second kappa shape index (κ2) is 8.65. The van der Waals surface area contributed by atoms with Gasteiger partial charge < -0.3 is 25.8 Å². The minimum atomic E-state index is -1.53. The molecule has 0 saturated carbocycles. The van der Waals surface area contributed by atoms with Crippen molar-refractivity contribution in [3.63, 3.8) is 0 Å². The summed E-state index contributed by atoms with van der Waals surface area (Å²) in [5.74, 6) is 0.274. The number of rotatable bonds is 7. The van der Waals surface area contributed by atoms with E-state index in [2.05, 4.69) is 20.3 Å². The van der Waals surface area contributed by atoms with Crippen molar-refractivity contribution in [3.8, 4) is 12.0 Å². The molecule has 2 heterocycles. The number of para-hydroxylation sites is 1. The number of methoxy groups -OCH3 is 1. The molecule has 32 heavy (non-hydrogen) atoms. The number of ether oxygens (including phenoxy) is 1. The topological polar surface area (TPSA) is 148 Å². The molecule has 0 bridgehead atoms. The Balaban J connectivity index is 1.72. The van der Waals surface area contributed by atoms with Crippen LogP contribution in [-0.4, -0.2) is 49.7 Å². The number of nitrogens with zero attached hydrogens (tertiary/aromatic N) is 4. The van der Waals surface area contributed by atoms with Crippen molar-refractivity contribution in [1.29, 1.82) is 0 Å². The number of primary amides is 1. The normalized spacial score (nSPS) is 10.9. The summed E-state index contributed by atoms with van der Waals surface area (Å²) in [6.07, 6.45) is 0. The van der Waals surface area contributed by atoms with Crippen LogP contribution in [0, 0.1) is 6.92 Å². The third-order valence-corrected chi connectivity index (χ3v) is 4.87. The van der Waals surface area contributed by atoms with Crippen LogP contribution in [0.15, 0.2) is 48.5 Å². The standard InChI is InChI=1S/C21H21BN6O4/c1-12-9-17(24-11-13-5-3-6-14(10-13)22(30)31)26-20(25-12)28-16-8-4-7-15(19(23)29)18(16)27-21(28)32-2/h3-10,30-31H,11H2,1-2H3,(H2,23,29)(H,24,25,26). The Hall–Kier alpha value is -3.96. The summed E-state index contributed by atoms with van der Waals surface area (Å²) in [5.41, 5.74) is 8.71. The van der Waals surface area contributed by atoms with E-state index < -0.39 is 13.0 Å². The maximum atomic E-state index is 11.8. The molecule has 2 aromatic carbocycles. The van der Waals surface area contributed by atoms with Gasteiger partial charge in [-0.15, -0.1) is 0 Å². The number of nitrogens with one attached hydrogen (secondary N) is 1. The van der Waals surface area contributed by atoms with Crippen molar-refractivity contribution in [2.24, 2.45) is 5.73 Å². The first kappa shape index (κ1) is 21.3. The number of nitrogens with two attached hydrogens (primary N) is 1. The van der Waals surface area contributed by atoms with E-state index in [0.29, 0.717) is 40.5 Å². The van der Waals surface area contributed by atoms with E-state index in [0.717, 1.165) is 5.56 Å². The molecule has 0 fully saturated rings. The minimum Gasteiger partial charge on any atom is -0.468 e. The van der Waals surface area contributed by atoms with Crippen LogP contribution in [0.25, 0.3) is 17.0 Å². The Morgan fingerprint density at radius 3 is 2.66 bits per heavy atom. The van der Waals surface area contributed by atoms with Crippen LogP contribution in [0.5, 0.6) is 6.01 Å². The first-order chi connectivity index (χ1) is 15.4. The predicted molar refractivity (Wildman–Crippen MR) is 120 cm³/mol. The van der Waals surface area contributed by atoms with Crippen LogP contribution in [0.2, 0.25) is 0 Å². The summed E-state index contributed by atoms with van der Waals surface area (Å²) in [5, 5.41) is 22.0. The SMILES string of the molecule is COc1nc2c(C(N)=O)cccc2n1-c1nc(C)cc(NCc2cccc(B(O)O)c2)n1. The second-order valence-electron chi connectivity index (χ2n) is 7.14. The van der Waals surface area contributed by atoms with Gasteiger partial charge in [0.15, 0.2) is 0 Å². The number of hydrogen-bond acceptors (Lipinski definition) is 8. The Morgan fingerprint density at radius 2 is 1.94 bits per heavy atom. The van der Waals surface area contributed by atoms with Crippen LogP contribution in [-0.2, 0) is 6.54 Å². The number of benzene rings is 2. The van der Waals surface area contributed by atoms with Crippen LogP contribution in [0.4, 0.5) is 5.82 Å². The zero-order valence-corrected chi connectivity index (χ0v) is 17.5. The molecular weight excluding hydrogens is 411 g/mol. The fraction of sp³-hybridized carbons (Fsp3) is 0.143. The summed E-state index contributed by atoms with van der Waals surface area (Å²) in [7, 11) is -0.0609. The van der Waals surface area contributed by atoms with Crippen LogP contribution >= 0.6 is 0 Å². The summed E-state index contributed by atoms with van der Waals surface area (Å²) < 4.78 is 7.03. The fourth-order valence-corrected chi connectivity index (χ4v) is 3.41. The van der Waals surface area contributed by atoms with E-state index >= 15 is 0 Å². The van der Waals surface area contributed by atoms with Gasteiger partial charge in [-0.3, -0.25) is 4.79 Å².